The Morgan fingerprint density at radius 1 is 1.67 bits per heavy atom. The molecule has 1 aromatic heterocycles. The fourth-order valence-corrected chi connectivity index (χ4v) is 2.72. The van der Waals surface area contributed by atoms with Crippen molar-refractivity contribution in [1.29, 1.82) is 0 Å². The highest BCUT2D eigenvalue weighted by Crippen LogP contribution is 2.23. The summed E-state index contributed by atoms with van der Waals surface area (Å²) in [4.78, 5) is 17.5. The Labute approximate surface area is 98.4 Å². The summed E-state index contributed by atoms with van der Waals surface area (Å²) in [6, 6.07) is 2.00. The van der Waals surface area contributed by atoms with Crippen molar-refractivity contribution in [2.24, 2.45) is 0 Å². The fraction of sp³-hybridized carbons (Fsp3) is 0.500. The van der Waals surface area contributed by atoms with Gasteiger partial charge in [-0.15, -0.1) is 11.3 Å². The van der Waals surface area contributed by atoms with Crippen LogP contribution >= 0.6 is 23.1 Å². The number of nitrogens with zero attached hydrogens (tertiary/aromatic N) is 1. The van der Waals surface area contributed by atoms with E-state index in [1.807, 2.05) is 23.2 Å². The quantitative estimate of drug-likeness (QED) is 0.747. The Morgan fingerprint density at radius 3 is 3.00 bits per heavy atom. The molecule has 5 heteroatoms. The Bertz CT molecular complexity index is 325. The molecule has 0 aliphatic heterocycles. The predicted molar refractivity (Wildman–Crippen MR) is 65.3 cm³/mol. The molecule has 3 nitrogen and oxygen atoms in total. The van der Waals surface area contributed by atoms with Gasteiger partial charge in [0.2, 0.25) is 0 Å². The molecule has 0 saturated carbocycles. The third-order valence-corrected chi connectivity index (χ3v) is 3.83. The smallest absolute Gasteiger partial charge is 0.274 e. The molecule has 15 heavy (non-hydrogen) atoms. The lowest BCUT2D eigenvalue weighted by molar-refractivity contribution is -0.0754. The minimum absolute atomic E-state index is 0.0702. The number of thioether (sulfide) groups is 1. The van der Waals surface area contributed by atoms with Gasteiger partial charge in [-0.05, 0) is 22.8 Å². The Kier molecular flexibility index (Phi) is 5.14. The van der Waals surface area contributed by atoms with Crippen molar-refractivity contribution in [3.8, 4) is 0 Å². The second kappa shape index (κ2) is 6.15. The van der Waals surface area contributed by atoms with E-state index in [1.165, 1.54) is 23.5 Å². The van der Waals surface area contributed by atoms with Crippen molar-refractivity contribution < 1.29 is 9.63 Å². The molecular weight excluding hydrogens is 230 g/mol. The molecule has 1 rings (SSSR count). The first-order valence-electron chi connectivity index (χ1n) is 4.67. The van der Waals surface area contributed by atoms with E-state index in [9.17, 15) is 4.79 Å². The highest BCUT2D eigenvalue weighted by molar-refractivity contribution is 7.98. The number of carbonyl (C=O) groups is 1. The van der Waals surface area contributed by atoms with Gasteiger partial charge >= 0.3 is 0 Å². The number of carbonyl (C=O) groups excluding carboxylic acids is 1. The van der Waals surface area contributed by atoms with E-state index in [2.05, 4.69) is 6.92 Å². The molecule has 0 radical (unpaired) electrons. The van der Waals surface area contributed by atoms with Gasteiger partial charge in [0.05, 0.1) is 12.0 Å². The maximum atomic E-state index is 11.8. The minimum atomic E-state index is -0.0702. The Balaban J connectivity index is 2.75. The van der Waals surface area contributed by atoms with E-state index in [0.29, 0.717) is 0 Å². The van der Waals surface area contributed by atoms with Crippen LogP contribution in [0.1, 0.15) is 22.2 Å². The van der Waals surface area contributed by atoms with Crippen LogP contribution in [0.5, 0.6) is 0 Å². The van der Waals surface area contributed by atoms with E-state index in [1.54, 1.807) is 7.05 Å². The highest BCUT2D eigenvalue weighted by atomic mass is 32.2. The van der Waals surface area contributed by atoms with Crippen molar-refractivity contribution in [2.45, 2.75) is 12.7 Å². The molecule has 0 spiro atoms. The summed E-state index contributed by atoms with van der Waals surface area (Å²) in [6.45, 7) is 2.11. The van der Waals surface area contributed by atoms with Gasteiger partial charge < -0.3 is 0 Å². The number of rotatable bonds is 5. The van der Waals surface area contributed by atoms with Crippen molar-refractivity contribution in [3.63, 3.8) is 0 Å². The molecule has 1 heterocycles. The summed E-state index contributed by atoms with van der Waals surface area (Å²) in [5.41, 5.74) is 1.10. The van der Waals surface area contributed by atoms with Crippen LogP contribution in [0.3, 0.4) is 0 Å². The van der Waals surface area contributed by atoms with Crippen LogP contribution in [0, 0.1) is 0 Å². The topological polar surface area (TPSA) is 29.5 Å². The van der Waals surface area contributed by atoms with E-state index in [4.69, 9.17) is 4.84 Å². The van der Waals surface area contributed by atoms with Crippen molar-refractivity contribution >= 4 is 29.0 Å². The van der Waals surface area contributed by atoms with E-state index < -0.39 is 0 Å². The molecule has 0 aliphatic rings. The first kappa shape index (κ1) is 12.5. The van der Waals surface area contributed by atoms with Gasteiger partial charge in [-0.3, -0.25) is 9.63 Å². The molecule has 0 aromatic carbocycles. The average molecular weight is 245 g/mol. The molecule has 0 unspecified atom stereocenters. The van der Waals surface area contributed by atoms with Crippen LogP contribution in [0.2, 0.25) is 0 Å². The van der Waals surface area contributed by atoms with Crippen LogP contribution in [0.15, 0.2) is 11.4 Å². The highest BCUT2D eigenvalue weighted by Gasteiger charge is 2.16. The second-order valence-corrected chi connectivity index (χ2v) is 5.09. The van der Waals surface area contributed by atoms with Gasteiger partial charge in [-0.2, -0.15) is 11.8 Å². The largest absolute Gasteiger partial charge is 0.287 e. The molecule has 1 amide bonds. The van der Waals surface area contributed by atoms with E-state index >= 15 is 0 Å². The minimum Gasteiger partial charge on any atom is -0.274 e. The first-order chi connectivity index (χ1) is 7.20. The second-order valence-electron chi connectivity index (χ2n) is 2.90. The summed E-state index contributed by atoms with van der Waals surface area (Å²) in [5, 5.41) is 3.20. The average Bonchev–Trinajstić information content (AvgIpc) is 2.72. The van der Waals surface area contributed by atoms with Crippen LogP contribution < -0.4 is 0 Å². The van der Waals surface area contributed by atoms with Crippen molar-refractivity contribution in [1.82, 2.24) is 5.06 Å². The predicted octanol–water partition coefficient (Wildman–Crippen LogP) is 2.63. The maximum Gasteiger partial charge on any atom is 0.287 e. The van der Waals surface area contributed by atoms with Crippen molar-refractivity contribution in [2.75, 3.05) is 19.9 Å². The molecular formula is C10H15NO2S2. The maximum absolute atomic E-state index is 11.8. The third kappa shape index (κ3) is 3.22. The molecule has 0 atom stereocenters. The van der Waals surface area contributed by atoms with Gasteiger partial charge in [0.25, 0.3) is 5.91 Å². The van der Waals surface area contributed by atoms with Crippen LogP contribution in [0.4, 0.5) is 0 Å². The van der Waals surface area contributed by atoms with Crippen molar-refractivity contribution in [3.05, 3.63) is 21.9 Å². The molecule has 0 saturated heterocycles. The Morgan fingerprint density at radius 2 is 2.40 bits per heavy atom. The van der Waals surface area contributed by atoms with Crippen LogP contribution in [-0.2, 0) is 10.6 Å². The van der Waals surface area contributed by atoms with Gasteiger partial charge in [-0.1, -0.05) is 6.92 Å². The lowest BCUT2D eigenvalue weighted by Crippen LogP contribution is -2.25. The summed E-state index contributed by atoms with van der Waals surface area (Å²) in [6.07, 6.45) is 0. The number of thiophene rings is 1. The SMILES string of the molecule is CCSCc1ccsc1C(=O)N(C)OC. The molecule has 1 aromatic rings. The number of hydrogen-bond acceptors (Lipinski definition) is 4. The van der Waals surface area contributed by atoms with E-state index in [0.717, 1.165) is 21.9 Å². The fourth-order valence-electron chi connectivity index (χ4n) is 1.07. The standard InChI is InChI=1S/C10H15NO2S2/c1-4-14-7-8-5-6-15-9(8)10(12)11(2)13-3/h5-6H,4,7H2,1-3H3. The van der Waals surface area contributed by atoms with Crippen LogP contribution in [-0.4, -0.2) is 30.9 Å². The Hall–Kier alpha value is -0.520. The summed E-state index contributed by atoms with van der Waals surface area (Å²) in [5.74, 6) is 1.88. The van der Waals surface area contributed by atoms with E-state index in [-0.39, 0.29) is 5.91 Å². The van der Waals surface area contributed by atoms with Crippen LogP contribution in [0.25, 0.3) is 0 Å². The molecule has 0 fully saturated rings. The lowest BCUT2D eigenvalue weighted by atomic mass is 10.3. The van der Waals surface area contributed by atoms with Gasteiger partial charge in [0.1, 0.15) is 0 Å². The summed E-state index contributed by atoms with van der Waals surface area (Å²) < 4.78 is 0. The zero-order valence-corrected chi connectivity index (χ0v) is 10.8. The molecule has 0 aliphatic carbocycles. The summed E-state index contributed by atoms with van der Waals surface area (Å²) >= 11 is 3.28. The normalized spacial score (nSPS) is 10.3. The lowest BCUT2D eigenvalue weighted by Gasteiger charge is -2.13. The summed E-state index contributed by atoms with van der Waals surface area (Å²) in [7, 11) is 3.12. The first-order valence-corrected chi connectivity index (χ1v) is 6.70. The molecule has 84 valence electrons. The number of amides is 1. The monoisotopic (exact) mass is 245 g/mol. The number of hydrogen-bond donors (Lipinski definition) is 0. The zero-order chi connectivity index (χ0) is 11.3. The molecule has 0 N–H and O–H groups in total. The van der Waals surface area contributed by atoms with Gasteiger partial charge in [0.15, 0.2) is 0 Å². The molecule has 0 bridgehead atoms. The van der Waals surface area contributed by atoms with Gasteiger partial charge in [0, 0.05) is 12.8 Å². The third-order valence-electron chi connectivity index (χ3n) is 1.96. The zero-order valence-electron chi connectivity index (χ0n) is 9.15. The number of hydroxylamine groups is 2. The van der Waals surface area contributed by atoms with Gasteiger partial charge in [-0.25, -0.2) is 5.06 Å².